The fourth-order valence-electron chi connectivity index (χ4n) is 1.30. The van der Waals surface area contributed by atoms with E-state index in [-0.39, 0.29) is 18.5 Å². The molecule has 0 aliphatic carbocycles. The van der Waals surface area contributed by atoms with Gasteiger partial charge in [0.25, 0.3) is 0 Å². The van der Waals surface area contributed by atoms with Gasteiger partial charge in [-0.2, -0.15) is 16.9 Å². The Labute approximate surface area is 99.8 Å². The van der Waals surface area contributed by atoms with Crippen LogP contribution in [0.3, 0.4) is 0 Å². The minimum Gasteiger partial charge on any atom is -0.396 e. The zero-order valence-corrected chi connectivity index (χ0v) is 10.5. The molecule has 0 bridgehead atoms. The molecule has 0 aliphatic heterocycles. The average Bonchev–Trinajstić information content (AvgIpc) is 2.60. The topological polar surface area (TPSA) is 72.9 Å². The molecule has 0 aliphatic rings. The van der Waals surface area contributed by atoms with Crippen LogP contribution >= 0.6 is 11.8 Å². The van der Waals surface area contributed by atoms with E-state index in [0.717, 1.165) is 12.2 Å². The van der Waals surface area contributed by atoms with Crippen molar-refractivity contribution in [1.29, 1.82) is 0 Å². The van der Waals surface area contributed by atoms with Gasteiger partial charge in [-0.15, -0.1) is 0 Å². The second kappa shape index (κ2) is 6.42. The lowest BCUT2D eigenvalue weighted by molar-refractivity contribution is -0.122. The van der Waals surface area contributed by atoms with Crippen LogP contribution < -0.4 is 11.1 Å². The molecule has 0 fully saturated rings. The lowest BCUT2D eigenvalue weighted by atomic mass is 10.2. The van der Waals surface area contributed by atoms with Crippen LogP contribution in [0, 0.1) is 0 Å². The van der Waals surface area contributed by atoms with Gasteiger partial charge in [-0.1, -0.05) is 0 Å². The highest BCUT2D eigenvalue weighted by molar-refractivity contribution is 7.98. The predicted octanol–water partition coefficient (Wildman–Crippen LogP) is 0.723. The summed E-state index contributed by atoms with van der Waals surface area (Å²) >= 11 is 1.78. The van der Waals surface area contributed by atoms with Gasteiger partial charge in [0.2, 0.25) is 5.91 Å². The molecule has 1 aromatic heterocycles. The van der Waals surface area contributed by atoms with Gasteiger partial charge < -0.3 is 11.1 Å². The quantitative estimate of drug-likeness (QED) is 0.771. The monoisotopic (exact) mass is 242 g/mol. The normalized spacial score (nSPS) is 12.4. The fourth-order valence-corrected chi connectivity index (χ4v) is 1.89. The summed E-state index contributed by atoms with van der Waals surface area (Å²) in [4.78, 5) is 11.6. The number of nitrogens with two attached hydrogens (primary N) is 1. The average molecular weight is 242 g/mol. The Morgan fingerprint density at radius 1 is 1.75 bits per heavy atom. The van der Waals surface area contributed by atoms with Crippen LogP contribution in [0.25, 0.3) is 0 Å². The third-order valence-electron chi connectivity index (χ3n) is 2.12. The first-order valence-corrected chi connectivity index (χ1v) is 6.57. The second-order valence-electron chi connectivity index (χ2n) is 3.72. The minimum absolute atomic E-state index is 0.0308. The Kier molecular flexibility index (Phi) is 5.18. The van der Waals surface area contributed by atoms with Crippen LogP contribution in [0.2, 0.25) is 0 Å². The third kappa shape index (κ3) is 4.57. The molecule has 0 saturated heterocycles. The molecule has 1 aromatic rings. The van der Waals surface area contributed by atoms with E-state index in [1.54, 1.807) is 18.0 Å². The molecule has 1 heterocycles. The van der Waals surface area contributed by atoms with E-state index >= 15 is 0 Å². The summed E-state index contributed by atoms with van der Waals surface area (Å²) in [5, 5.41) is 6.87. The Hall–Kier alpha value is -1.17. The van der Waals surface area contributed by atoms with E-state index in [1.807, 2.05) is 6.92 Å². The number of rotatable bonds is 6. The predicted molar refractivity (Wildman–Crippen MR) is 67.2 cm³/mol. The van der Waals surface area contributed by atoms with E-state index in [0.29, 0.717) is 5.69 Å². The van der Waals surface area contributed by atoms with Gasteiger partial charge >= 0.3 is 0 Å². The van der Waals surface area contributed by atoms with Crippen LogP contribution in [0.5, 0.6) is 0 Å². The van der Waals surface area contributed by atoms with Crippen LogP contribution in [-0.2, 0) is 11.3 Å². The molecule has 0 radical (unpaired) electrons. The van der Waals surface area contributed by atoms with Gasteiger partial charge in [-0.05, 0) is 25.4 Å². The summed E-state index contributed by atoms with van der Waals surface area (Å²) < 4.78 is 1.53. The number of hydrogen-bond donors (Lipinski definition) is 2. The molecule has 1 amide bonds. The molecule has 5 nitrogen and oxygen atoms in total. The van der Waals surface area contributed by atoms with E-state index < -0.39 is 0 Å². The van der Waals surface area contributed by atoms with E-state index in [2.05, 4.69) is 16.7 Å². The first-order valence-electron chi connectivity index (χ1n) is 5.18. The number of carbonyl (C=O) groups excluding carboxylic acids is 1. The molecule has 1 rings (SSSR count). The molecule has 6 heteroatoms. The standard InChI is InChI=1S/C10H18N4OS/c1-8(3-4-16-2)13-10(15)7-14-6-9(11)5-12-14/h5-6,8H,3-4,7,11H2,1-2H3,(H,13,15). The lowest BCUT2D eigenvalue weighted by Crippen LogP contribution is -2.35. The maximum atomic E-state index is 11.6. The molecular formula is C10H18N4OS. The summed E-state index contributed by atoms with van der Waals surface area (Å²) in [6, 6.07) is 0.202. The van der Waals surface area contributed by atoms with Gasteiger partial charge in [-0.3, -0.25) is 9.48 Å². The molecule has 1 unspecified atom stereocenters. The van der Waals surface area contributed by atoms with E-state index in [4.69, 9.17) is 5.73 Å². The Morgan fingerprint density at radius 3 is 3.06 bits per heavy atom. The zero-order chi connectivity index (χ0) is 12.0. The highest BCUT2D eigenvalue weighted by Gasteiger charge is 2.07. The number of hydrogen-bond acceptors (Lipinski definition) is 4. The van der Waals surface area contributed by atoms with Crippen molar-refractivity contribution in [3.63, 3.8) is 0 Å². The van der Waals surface area contributed by atoms with Gasteiger partial charge in [0.15, 0.2) is 0 Å². The smallest absolute Gasteiger partial charge is 0.241 e. The Bertz CT molecular complexity index is 339. The number of aromatic nitrogens is 2. The highest BCUT2D eigenvalue weighted by atomic mass is 32.2. The number of carbonyl (C=O) groups is 1. The number of nitrogens with one attached hydrogen (secondary N) is 1. The van der Waals surface area contributed by atoms with Gasteiger partial charge in [0, 0.05) is 12.2 Å². The van der Waals surface area contributed by atoms with Crippen LogP contribution in [0.15, 0.2) is 12.4 Å². The summed E-state index contributed by atoms with van der Waals surface area (Å²) in [6.45, 7) is 2.23. The number of amides is 1. The van der Waals surface area contributed by atoms with Gasteiger partial charge in [-0.25, -0.2) is 0 Å². The summed E-state index contributed by atoms with van der Waals surface area (Å²) in [5.74, 6) is 1.02. The number of anilines is 1. The van der Waals surface area contributed by atoms with E-state index in [9.17, 15) is 4.79 Å². The second-order valence-corrected chi connectivity index (χ2v) is 4.71. The van der Waals surface area contributed by atoms with Crippen molar-refractivity contribution in [2.75, 3.05) is 17.7 Å². The third-order valence-corrected chi connectivity index (χ3v) is 2.77. The molecule has 0 saturated carbocycles. The summed E-state index contributed by atoms with van der Waals surface area (Å²) in [6.07, 6.45) is 6.21. The number of nitrogens with zero attached hydrogens (tertiary/aromatic N) is 2. The SMILES string of the molecule is CSCCC(C)NC(=O)Cn1cc(N)cn1. The molecule has 0 aromatic carbocycles. The van der Waals surface area contributed by atoms with Crippen molar-refractivity contribution in [3.8, 4) is 0 Å². The van der Waals surface area contributed by atoms with Crippen molar-refractivity contribution in [2.45, 2.75) is 25.9 Å². The Morgan fingerprint density at radius 2 is 2.50 bits per heavy atom. The van der Waals surface area contributed by atoms with Crippen molar-refractivity contribution in [1.82, 2.24) is 15.1 Å². The number of nitrogen functional groups attached to an aromatic ring is 1. The number of thioether (sulfide) groups is 1. The van der Waals surface area contributed by atoms with Gasteiger partial charge in [0.1, 0.15) is 6.54 Å². The first kappa shape index (κ1) is 12.9. The van der Waals surface area contributed by atoms with E-state index in [1.165, 1.54) is 10.9 Å². The molecule has 90 valence electrons. The van der Waals surface area contributed by atoms with Crippen molar-refractivity contribution < 1.29 is 4.79 Å². The summed E-state index contributed by atoms with van der Waals surface area (Å²) in [5.41, 5.74) is 6.08. The first-order chi connectivity index (χ1) is 7.61. The van der Waals surface area contributed by atoms with Crippen LogP contribution in [0.1, 0.15) is 13.3 Å². The van der Waals surface area contributed by atoms with Crippen molar-refractivity contribution in [2.24, 2.45) is 0 Å². The maximum Gasteiger partial charge on any atom is 0.241 e. The largest absolute Gasteiger partial charge is 0.396 e. The fraction of sp³-hybridized carbons (Fsp3) is 0.600. The zero-order valence-electron chi connectivity index (χ0n) is 9.64. The molecule has 0 spiro atoms. The van der Waals surface area contributed by atoms with Crippen molar-refractivity contribution >= 4 is 23.4 Å². The molecular weight excluding hydrogens is 224 g/mol. The summed E-state index contributed by atoms with van der Waals surface area (Å²) in [7, 11) is 0. The van der Waals surface area contributed by atoms with Crippen LogP contribution in [-0.4, -0.2) is 33.7 Å². The molecule has 16 heavy (non-hydrogen) atoms. The minimum atomic E-state index is -0.0308. The highest BCUT2D eigenvalue weighted by Crippen LogP contribution is 2.00. The lowest BCUT2D eigenvalue weighted by Gasteiger charge is -2.12. The molecule has 3 N–H and O–H groups in total. The van der Waals surface area contributed by atoms with Crippen LogP contribution in [0.4, 0.5) is 5.69 Å². The maximum absolute atomic E-state index is 11.6. The van der Waals surface area contributed by atoms with Crippen molar-refractivity contribution in [3.05, 3.63) is 12.4 Å². The Balaban J connectivity index is 2.30. The van der Waals surface area contributed by atoms with Gasteiger partial charge in [0.05, 0.1) is 11.9 Å². The molecule has 1 atom stereocenters.